The van der Waals surface area contributed by atoms with Gasteiger partial charge in [0.1, 0.15) is 24.8 Å². The molecule has 0 fully saturated rings. The van der Waals surface area contributed by atoms with Crippen molar-refractivity contribution in [2.24, 2.45) is 21.7 Å². The molecule has 0 aromatic carbocycles. The molecule has 0 heterocycles. The number of ether oxygens (including phenoxy) is 1. The van der Waals surface area contributed by atoms with Crippen LogP contribution in [-0.2, 0) is 28.7 Å². The van der Waals surface area contributed by atoms with Crippen molar-refractivity contribution in [2.45, 2.75) is 161 Å². The monoisotopic (exact) mass is 613 g/mol. The average Bonchev–Trinajstić information content (AvgIpc) is 2.65. The fraction of sp³-hybridized carbons (Fsp3) is 0.857. The average molecular weight is 613 g/mol. The fourth-order valence-electron chi connectivity index (χ4n) is 3.24. The third kappa shape index (κ3) is 34.3. The quantitative estimate of drug-likeness (QED) is 0.283. The number of carbonyl (C=O) groups excluding carboxylic acids is 5. The van der Waals surface area contributed by atoms with Crippen molar-refractivity contribution in [2.75, 3.05) is 13.2 Å². The first-order valence-corrected chi connectivity index (χ1v) is 15.4. The molecule has 2 amide bonds. The largest absolute Gasteiger partial charge is 0.364 e. The first-order valence-electron chi connectivity index (χ1n) is 15.4. The van der Waals surface area contributed by atoms with Crippen molar-refractivity contribution < 1.29 is 28.7 Å². The van der Waals surface area contributed by atoms with Crippen molar-refractivity contribution in [3.8, 4) is 0 Å². The number of hydrogen-bond acceptors (Lipinski definition) is 6. The summed E-state index contributed by atoms with van der Waals surface area (Å²) in [7, 11) is 0. The van der Waals surface area contributed by atoms with Gasteiger partial charge in [-0.2, -0.15) is 0 Å². The van der Waals surface area contributed by atoms with Gasteiger partial charge in [0.2, 0.25) is 11.8 Å². The minimum atomic E-state index is -0.416. The highest BCUT2D eigenvalue weighted by Crippen LogP contribution is 2.25. The summed E-state index contributed by atoms with van der Waals surface area (Å²) in [5, 5.41) is 5.59. The van der Waals surface area contributed by atoms with Crippen LogP contribution in [0.2, 0.25) is 0 Å². The Labute approximate surface area is 264 Å². The molecule has 0 radical (unpaired) electrons. The molecular weight excluding hydrogens is 544 g/mol. The van der Waals surface area contributed by atoms with Crippen molar-refractivity contribution >= 4 is 29.2 Å². The smallest absolute Gasteiger partial charge is 0.246 e. The Hall–Kier alpha value is -2.09. The zero-order valence-corrected chi connectivity index (χ0v) is 31.2. The molecule has 0 aliphatic rings. The van der Waals surface area contributed by atoms with E-state index >= 15 is 0 Å². The zero-order valence-electron chi connectivity index (χ0n) is 31.2. The van der Waals surface area contributed by atoms with E-state index in [-0.39, 0.29) is 70.3 Å². The Bertz CT molecular complexity index is 876. The molecule has 0 bridgehead atoms. The molecule has 0 aliphatic carbocycles. The Balaban J connectivity index is -0.000000564. The van der Waals surface area contributed by atoms with Gasteiger partial charge in [0.05, 0.1) is 0 Å². The van der Waals surface area contributed by atoms with E-state index in [1.807, 2.05) is 83.1 Å². The second-order valence-electron chi connectivity index (χ2n) is 17.9. The molecule has 43 heavy (non-hydrogen) atoms. The topological polar surface area (TPSA) is 119 Å². The molecule has 0 saturated carbocycles. The molecule has 0 saturated heterocycles. The van der Waals surface area contributed by atoms with E-state index in [4.69, 9.17) is 4.74 Å². The number of carbonyl (C=O) groups is 5. The van der Waals surface area contributed by atoms with E-state index < -0.39 is 5.41 Å². The van der Waals surface area contributed by atoms with Crippen LogP contribution in [0.1, 0.15) is 150 Å². The zero-order chi connectivity index (χ0) is 35.3. The normalized spacial score (nSPS) is 12.6. The molecule has 254 valence electrons. The van der Waals surface area contributed by atoms with Crippen LogP contribution in [0.3, 0.4) is 0 Å². The number of rotatable bonds is 9. The standard InChI is InChI=1S/C12H23NO3.C12H23NO2.C11H22O/c1-11(2,3)9(14)7-16-8-10(15)13-12(4,5)6;1-11(2,3)9(14)7-8-10(15)13-12(4,5)6;1-10(2,3)7-9(12)8-11(4,5)6/h7-8H2,1-6H3,(H,13,15);7-8H2,1-6H3,(H,13,15);7-8H2,1-6H3. The van der Waals surface area contributed by atoms with Crippen LogP contribution in [0.25, 0.3) is 0 Å². The van der Waals surface area contributed by atoms with E-state index in [2.05, 4.69) is 52.2 Å². The second kappa shape index (κ2) is 18.0. The van der Waals surface area contributed by atoms with Gasteiger partial charge in [-0.1, -0.05) is 83.1 Å². The van der Waals surface area contributed by atoms with Crippen LogP contribution in [-0.4, -0.2) is 53.5 Å². The van der Waals surface area contributed by atoms with Crippen molar-refractivity contribution in [1.82, 2.24) is 10.6 Å². The molecular formula is C35H68N2O6. The van der Waals surface area contributed by atoms with E-state index in [1.165, 1.54) is 0 Å². The molecule has 0 aliphatic heterocycles. The number of hydrogen-bond donors (Lipinski definition) is 2. The lowest BCUT2D eigenvalue weighted by Crippen LogP contribution is -2.42. The molecule has 0 rings (SSSR count). The van der Waals surface area contributed by atoms with Crippen LogP contribution in [0, 0.1) is 21.7 Å². The molecule has 0 aromatic heterocycles. The summed E-state index contributed by atoms with van der Waals surface area (Å²) in [6.07, 6.45) is 2.01. The van der Waals surface area contributed by atoms with Gasteiger partial charge < -0.3 is 15.4 Å². The first-order chi connectivity index (χ1) is 18.6. The maximum Gasteiger partial charge on any atom is 0.246 e. The van der Waals surface area contributed by atoms with Crippen LogP contribution in [0.4, 0.5) is 0 Å². The van der Waals surface area contributed by atoms with E-state index in [0.717, 1.165) is 0 Å². The van der Waals surface area contributed by atoms with E-state index in [9.17, 15) is 24.0 Å². The molecule has 0 aromatic rings. The number of amides is 2. The maximum atomic E-state index is 11.6. The third-order valence-corrected chi connectivity index (χ3v) is 5.20. The highest BCUT2D eigenvalue weighted by Gasteiger charge is 2.24. The van der Waals surface area contributed by atoms with Crippen LogP contribution < -0.4 is 10.6 Å². The predicted octanol–water partition coefficient (Wildman–Crippen LogP) is 7.26. The Morgan fingerprint density at radius 1 is 0.465 bits per heavy atom. The van der Waals surface area contributed by atoms with Crippen molar-refractivity contribution in [3.05, 3.63) is 0 Å². The Morgan fingerprint density at radius 3 is 1.12 bits per heavy atom. The van der Waals surface area contributed by atoms with Crippen LogP contribution in [0.15, 0.2) is 0 Å². The summed E-state index contributed by atoms with van der Waals surface area (Å²) in [5.41, 5.74) is -0.969. The first kappa shape index (κ1) is 45.3. The summed E-state index contributed by atoms with van der Waals surface area (Å²) in [5.74, 6) is 0.256. The minimum absolute atomic E-state index is 0.00365. The number of ketones is 3. The molecule has 8 nitrogen and oxygen atoms in total. The molecule has 0 spiro atoms. The van der Waals surface area contributed by atoms with Crippen molar-refractivity contribution in [3.63, 3.8) is 0 Å². The maximum absolute atomic E-state index is 11.6. The van der Waals surface area contributed by atoms with Crippen LogP contribution >= 0.6 is 0 Å². The summed E-state index contributed by atoms with van der Waals surface area (Å²) < 4.78 is 5.07. The lowest BCUT2D eigenvalue weighted by atomic mass is 9.83. The van der Waals surface area contributed by atoms with Gasteiger partial charge in [0.15, 0.2) is 5.78 Å². The molecule has 2 N–H and O–H groups in total. The lowest BCUT2D eigenvalue weighted by Gasteiger charge is -2.21. The van der Waals surface area contributed by atoms with E-state index in [1.54, 1.807) is 0 Å². The summed E-state index contributed by atoms with van der Waals surface area (Å²) >= 11 is 0. The van der Waals surface area contributed by atoms with Gasteiger partial charge in [-0.3, -0.25) is 24.0 Å². The second-order valence-corrected chi connectivity index (χ2v) is 17.9. The van der Waals surface area contributed by atoms with E-state index in [0.29, 0.717) is 25.0 Å². The van der Waals surface area contributed by atoms with Gasteiger partial charge >= 0.3 is 0 Å². The highest BCUT2D eigenvalue weighted by atomic mass is 16.5. The third-order valence-electron chi connectivity index (χ3n) is 5.20. The van der Waals surface area contributed by atoms with Crippen molar-refractivity contribution in [1.29, 1.82) is 0 Å². The fourth-order valence-corrected chi connectivity index (χ4v) is 3.24. The van der Waals surface area contributed by atoms with Gasteiger partial charge in [0, 0.05) is 47.6 Å². The predicted molar refractivity (Wildman–Crippen MR) is 178 cm³/mol. The lowest BCUT2D eigenvalue weighted by molar-refractivity contribution is -0.135. The highest BCUT2D eigenvalue weighted by molar-refractivity contribution is 5.88. The molecule has 8 heteroatoms. The van der Waals surface area contributed by atoms with Gasteiger partial charge in [-0.15, -0.1) is 0 Å². The number of nitrogens with one attached hydrogen (secondary N) is 2. The Kier molecular flexibility index (Phi) is 19.0. The molecule has 0 atom stereocenters. The van der Waals surface area contributed by atoms with Gasteiger partial charge in [0.25, 0.3) is 0 Å². The SMILES string of the molecule is CC(C)(C)CC(=O)CC(C)(C)C.CC(C)(C)NC(=O)CCC(=O)C(C)(C)C.CC(C)(C)NC(=O)COCC(=O)C(C)(C)C. The Morgan fingerprint density at radius 2 is 0.814 bits per heavy atom. The summed E-state index contributed by atoms with van der Waals surface area (Å²) in [6, 6.07) is 0. The van der Waals surface area contributed by atoms with Crippen LogP contribution in [0.5, 0.6) is 0 Å². The minimum Gasteiger partial charge on any atom is -0.364 e. The summed E-state index contributed by atoms with van der Waals surface area (Å²) in [4.78, 5) is 57.3. The van der Waals surface area contributed by atoms with Gasteiger partial charge in [-0.05, 0) is 52.4 Å². The molecule has 0 unspecified atom stereocenters. The van der Waals surface area contributed by atoms with Gasteiger partial charge in [-0.25, -0.2) is 0 Å². The summed E-state index contributed by atoms with van der Waals surface area (Å²) in [6.45, 7) is 35.1. The number of Topliss-reactive ketones (excluding diaryl/α,β-unsaturated/α-hetero) is 3.